The summed E-state index contributed by atoms with van der Waals surface area (Å²) >= 11 is 0. The first-order valence-electron chi connectivity index (χ1n) is 6.08. The molecule has 0 saturated heterocycles. The molecule has 0 bridgehead atoms. The standard InChI is InChI=1S/C13H19NO2S/c1-2-3-8-17(15)12-9-16-11-7-5-4-6-10(11)13(12)14/h4-7,12-13H,2-3,8-9,14H2,1H3. The van der Waals surface area contributed by atoms with Gasteiger partial charge < -0.3 is 10.5 Å². The van der Waals surface area contributed by atoms with E-state index in [1.165, 1.54) is 0 Å². The Morgan fingerprint density at radius 1 is 1.47 bits per heavy atom. The maximum absolute atomic E-state index is 12.1. The van der Waals surface area contributed by atoms with E-state index in [0.717, 1.165) is 29.9 Å². The Labute approximate surface area is 105 Å². The molecule has 0 fully saturated rings. The molecule has 0 saturated carbocycles. The second-order valence-electron chi connectivity index (χ2n) is 4.35. The van der Waals surface area contributed by atoms with Crippen LogP contribution in [0.25, 0.3) is 0 Å². The number of rotatable bonds is 4. The molecule has 0 aliphatic carbocycles. The predicted molar refractivity (Wildman–Crippen MR) is 70.6 cm³/mol. The maximum Gasteiger partial charge on any atom is 0.124 e. The van der Waals surface area contributed by atoms with E-state index >= 15 is 0 Å². The largest absolute Gasteiger partial charge is 0.492 e. The highest BCUT2D eigenvalue weighted by molar-refractivity contribution is 7.85. The summed E-state index contributed by atoms with van der Waals surface area (Å²) in [5.74, 6) is 1.56. The fourth-order valence-corrected chi connectivity index (χ4v) is 3.61. The molecule has 0 radical (unpaired) electrons. The Morgan fingerprint density at radius 2 is 2.24 bits per heavy atom. The Kier molecular flexibility index (Phi) is 4.18. The number of nitrogens with two attached hydrogens (primary N) is 1. The summed E-state index contributed by atoms with van der Waals surface area (Å²) in [5.41, 5.74) is 7.17. The molecule has 2 rings (SSSR count). The third-order valence-electron chi connectivity index (χ3n) is 3.12. The van der Waals surface area contributed by atoms with Crippen LogP contribution in [0.2, 0.25) is 0 Å². The molecule has 3 atom stereocenters. The van der Waals surface area contributed by atoms with Crippen LogP contribution in [0.15, 0.2) is 24.3 Å². The van der Waals surface area contributed by atoms with Crippen molar-refractivity contribution in [3.63, 3.8) is 0 Å². The van der Waals surface area contributed by atoms with Gasteiger partial charge in [0.1, 0.15) is 12.4 Å². The van der Waals surface area contributed by atoms with Crippen molar-refractivity contribution in [2.75, 3.05) is 12.4 Å². The van der Waals surface area contributed by atoms with Gasteiger partial charge in [-0.25, -0.2) is 0 Å². The molecule has 1 aliphatic heterocycles. The third kappa shape index (κ3) is 2.69. The van der Waals surface area contributed by atoms with Crippen LogP contribution in [0.4, 0.5) is 0 Å². The molecule has 1 aromatic carbocycles. The van der Waals surface area contributed by atoms with E-state index in [0.29, 0.717) is 6.61 Å². The van der Waals surface area contributed by atoms with Crippen molar-refractivity contribution in [1.29, 1.82) is 0 Å². The molecule has 0 amide bonds. The highest BCUT2D eigenvalue weighted by Crippen LogP contribution is 2.32. The SMILES string of the molecule is CCCCS(=O)C1COc2ccccc2C1N. The highest BCUT2D eigenvalue weighted by atomic mass is 32.2. The summed E-state index contributed by atoms with van der Waals surface area (Å²) < 4.78 is 17.8. The van der Waals surface area contributed by atoms with Gasteiger partial charge in [0.2, 0.25) is 0 Å². The van der Waals surface area contributed by atoms with Crippen molar-refractivity contribution in [2.45, 2.75) is 31.1 Å². The normalized spacial score (nSPS) is 24.8. The third-order valence-corrected chi connectivity index (χ3v) is 4.91. The fraction of sp³-hybridized carbons (Fsp3) is 0.538. The number of hydrogen-bond acceptors (Lipinski definition) is 3. The monoisotopic (exact) mass is 253 g/mol. The first-order valence-corrected chi connectivity index (χ1v) is 7.46. The second-order valence-corrected chi connectivity index (χ2v) is 6.13. The molecule has 17 heavy (non-hydrogen) atoms. The Hall–Kier alpha value is -0.870. The number of benzene rings is 1. The van der Waals surface area contributed by atoms with Crippen molar-refractivity contribution in [3.8, 4) is 5.75 Å². The fourth-order valence-electron chi connectivity index (χ4n) is 2.04. The van der Waals surface area contributed by atoms with Gasteiger partial charge in [0.05, 0.1) is 11.3 Å². The minimum Gasteiger partial charge on any atom is -0.492 e. The van der Waals surface area contributed by atoms with Gasteiger partial charge >= 0.3 is 0 Å². The first kappa shape index (κ1) is 12.6. The number of ether oxygens (including phenoxy) is 1. The van der Waals surface area contributed by atoms with Gasteiger partial charge in [0.25, 0.3) is 0 Å². The van der Waals surface area contributed by atoms with Gasteiger partial charge in [-0.1, -0.05) is 31.5 Å². The zero-order valence-electron chi connectivity index (χ0n) is 10.1. The Morgan fingerprint density at radius 3 is 3.00 bits per heavy atom. The van der Waals surface area contributed by atoms with Crippen molar-refractivity contribution >= 4 is 10.8 Å². The molecular formula is C13H19NO2S. The van der Waals surface area contributed by atoms with Crippen LogP contribution in [-0.4, -0.2) is 21.8 Å². The second kappa shape index (κ2) is 5.65. The average Bonchev–Trinajstić information content (AvgIpc) is 2.37. The smallest absolute Gasteiger partial charge is 0.124 e. The molecule has 3 nitrogen and oxygen atoms in total. The van der Waals surface area contributed by atoms with Crippen LogP contribution < -0.4 is 10.5 Å². The Bertz CT molecular complexity index is 408. The molecule has 94 valence electrons. The van der Waals surface area contributed by atoms with Crippen molar-refractivity contribution < 1.29 is 8.95 Å². The zero-order chi connectivity index (χ0) is 12.3. The number of hydrogen-bond donors (Lipinski definition) is 1. The van der Waals surface area contributed by atoms with E-state index in [1.807, 2.05) is 24.3 Å². The van der Waals surface area contributed by atoms with E-state index in [1.54, 1.807) is 0 Å². The van der Waals surface area contributed by atoms with Crippen molar-refractivity contribution in [1.82, 2.24) is 0 Å². The summed E-state index contributed by atoms with van der Waals surface area (Å²) in [6.07, 6.45) is 2.04. The summed E-state index contributed by atoms with van der Waals surface area (Å²) in [5, 5.41) is -0.0727. The summed E-state index contributed by atoms with van der Waals surface area (Å²) in [4.78, 5) is 0. The minimum atomic E-state index is -0.894. The lowest BCUT2D eigenvalue weighted by atomic mass is 10.0. The van der Waals surface area contributed by atoms with Crippen LogP contribution in [0.1, 0.15) is 31.4 Å². The van der Waals surface area contributed by atoms with E-state index in [-0.39, 0.29) is 11.3 Å². The van der Waals surface area contributed by atoms with E-state index in [2.05, 4.69) is 6.92 Å². The lowest BCUT2D eigenvalue weighted by molar-refractivity contribution is 0.273. The molecule has 1 aromatic rings. The number of fused-ring (bicyclic) bond motifs is 1. The van der Waals surface area contributed by atoms with E-state index in [9.17, 15) is 4.21 Å². The van der Waals surface area contributed by atoms with Gasteiger partial charge in [-0.3, -0.25) is 4.21 Å². The van der Waals surface area contributed by atoms with Crippen LogP contribution in [-0.2, 0) is 10.8 Å². The molecule has 4 heteroatoms. The van der Waals surface area contributed by atoms with Crippen molar-refractivity contribution in [3.05, 3.63) is 29.8 Å². The summed E-state index contributed by atoms with van der Waals surface area (Å²) in [6, 6.07) is 7.58. The molecule has 1 heterocycles. The van der Waals surface area contributed by atoms with Crippen LogP contribution in [0.5, 0.6) is 5.75 Å². The number of para-hydroxylation sites is 1. The molecule has 1 aliphatic rings. The Balaban J connectivity index is 2.11. The summed E-state index contributed by atoms with van der Waals surface area (Å²) in [6.45, 7) is 2.57. The van der Waals surface area contributed by atoms with Gasteiger partial charge in [0.15, 0.2) is 0 Å². The van der Waals surface area contributed by atoms with Gasteiger partial charge in [0, 0.05) is 22.1 Å². The number of unbranched alkanes of at least 4 members (excludes halogenated alkanes) is 1. The lowest BCUT2D eigenvalue weighted by Crippen LogP contribution is -2.39. The van der Waals surface area contributed by atoms with Gasteiger partial charge in [-0.05, 0) is 12.5 Å². The van der Waals surface area contributed by atoms with Crippen LogP contribution in [0.3, 0.4) is 0 Å². The van der Waals surface area contributed by atoms with Crippen LogP contribution >= 0.6 is 0 Å². The molecule has 3 unspecified atom stereocenters. The minimum absolute atomic E-state index is 0.0727. The van der Waals surface area contributed by atoms with Crippen molar-refractivity contribution in [2.24, 2.45) is 5.73 Å². The first-order chi connectivity index (χ1) is 8.24. The van der Waals surface area contributed by atoms with Gasteiger partial charge in [-0.2, -0.15) is 0 Å². The topological polar surface area (TPSA) is 52.3 Å². The average molecular weight is 253 g/mol. The zero-order valence-corrected chi connectivity index (χ0v) is 10.9. The molecule has 0 aromatic heterocycles. The van der Waals surface area contributed by atoms with Gasteiger partial charge in [-0.15, -0.1) is 0 Å². The highest BCUT2D eigenvalue weighted by Gasteiger charge is 2.31. The summed E-state index contributed by atoms with van der Waals surface area (Å²) in [7, 11) is -0.894. The lowest BCUT2D eigenvalue weighted by Gasteiger charge is -2.30. The van der Waals surface area contributed by atoms with E-state index in [4.69, 9.17) is 10.5 Å². The molecule has 2 N–H and O–H groups in total. The molecule has 0 spiro atoms. The van der Waals surface area contributed by atoms with E-state index < -0.39 is 10.8 Å². The molecular weight excluding hydrogens is 234 g/mol. The quantitative estimate of drug-likeness (QED) is 0.893. The maximum atomic E-state index is 12.1. The van der Waals surface area contributed by atoms with Crippen LogP contribution in [0, 0.1) is 0 Å². The predicted octanol–water partition coefficient (Wildman–Crippen LogP) is 2.00.